The van der Waals surface area contributed by atoms with E-state index in [-0.39, 0.29) is 12.4 Å². The van der Waals surface area contributed by atoms with Crippen molar-refractivity contribution in [1.29, 1.82) is 0 Å². The highest BCUT2D eigenvalue weighted by Crippen LogP contribution is 2.22. The number of nitrogens with one attached hydrogen (secondary N) is 1. The Morgan fingerprint density at radius 1 is 1.14 bits per heavy atom. The van der Waals surface area contributed by atoms with Gasteiger partial charge in [0.15, 0.2) is 12.1 Å². The maximum atomic E-state index is 12.5. The molecule has 1 aliphatic rings. The molecule has 152 valence electrons. The van der Waals surface area contributed by atoms with Crippen LogP contribution in [0.2, 0.25) is 0 Å². The first-order valence-electron chi connectivity index (χ1n) is 8.76. The SMILES string of the molecule is CO[C@H]1O[C@H](CO)[C@@H](O)[C@H](O)[C@H]1NC(=O)c1ccc(COc2ccccc2)o1. The van der Waals surface area contributed by atoms with Crippen LogP contribution < -0.4 is 10.1 Å². The van der Waals surface area contributed by atoms with Crippen LogP contribution in [-0.4, -0.2) is 65.6 Å². The lowest BCUT2D eigenvalue weighted by molar-refractivity contribution is -0.261. The summed E-state index contributed by atoms with van der Waals surface area (Å²) in [5.41, 5.74) is 0. The average Bonchev–Trinajstić information content (AvgIpc) is 3.20. The van der Waals surface area contributed by atoms with Gasteiger partial charge >= 0.3 is 0 Å². The second-order valence-electron chi connectivity index (χ2n) is 6.31. The Morgan fingerprint density at radius 3 is 2.57 bits per heavy atom. The van der Waals surface area contributed by atoms with Gasteiger partial charge in [-0.1, -0.05) is 18.2 Å². The summed E-state index contributed by atoms with van der Waals surface area (Å²) < 4.78 is 21.5. The van der Waals surface area contributed by atoms with Gasteiger partial charge in [0, 0.05) is 7.11 Å². The lowest BCUT2D eigenvalue weighted by Gasteiger charge is -2.41. The van der Waals surface area contributed by atoms with Crippen molar-refractivity contribution in [1.82, 2.24) is 5.32 Å². The number of methoxy groups -OCH3 is 1. The predicted octanol–water partition coefficient (Wildman–Crippen LogP) is 0.0424. The molecule has 1 aromatic carbocycles. The number of aliphatic hydroxyl groups is 3. The number of ether oxygens (including phenoxy) is 3. The maximum absolute atomic E-state index is 12.5. The van der Waals surface area contributed by atoms with Gasteiger partial charge in [0.05, 0.1) is 6.61 Å². The highest BCUT2D eigenvalue weighted by Gasteiger charge is 2.45. The molecule has 1 fully saturated rings. The minimum Gasteiger partial charge on any atom is -0.486 e. The molecule has 0 spiro atoms. The summed E-state index contributed by atoms with van der Waals surface area (Å²) in [6, 6.07) is 11.2. The maximum Gasteiger partial charge on any atom is 0.287 e. The van der Waals surface area contributed by atoms with Crippen LogP contribution in [0.4, 0.5) is 0 Å². The minimum atomic E-state index is -1.39. The third-order valence-electron chi connectivity index (χ3n) is 4.42. The quantitative estimate of drug-likeness (QED) is 0.519. The largest absolute Gasteiger partial charge is 0.486 e. The molecule has 1 saturated heterocycles. The number of carbonyl (C=O) groups is 1. The summed E-state index contributed by atoms with van der Waals surface area (Å²) >= 11 is 0. The molecule has 0 bridgehead atoms. The molecule has 1 aromatic heterocycles. The van der Waals surface area contributed by atoms with Crippen molar-refractivity contribution in [2.24, 2.45) is 0 Å². The molecule has 28 heavy (non-hydrogen) atoms. The zero-order valence-corrected chi connectivity index (χ0v) is 15.2. The lowest BCUT2D eigenvalue weighted by Crippen LogP contribution is -2.64. The molecule has 2 aromatic rings. The normalized spacial score (nSPS) is 27.4. The third kappa shape index (κ3) is 4.51. The van der Waals surface area contributed by atoms with Crippen molar-refractivity contribution in [2.45, 2.75) is 37.3 Å². The fourth-order valence-corrected chi connectivity index (χ4v) is 2.91. The van der Waals surface area contributed by atoms with E-state index in [0.717, 1.165) is 0 Å². The molecule has 0 unspecified atom stereocenters. The van der Waals surface area contributed by atoms with Crippen LogP contribution in [-0.2, 0) is 16.1 Å². The molecular weight excluding hydrogens is 370 g/mol. The van der Waals surface area contributed by atoms with E-state index < -0.39 is 43.2 Å². The van der Waals surface area contributed by atoms with Gasteiger partial charge < -0.3 is 39.3 Å². The molecule has 5 atom stereocenters. The van der Waals surface area contributed by atoms with Crippen LogP contribution in [0.25, 0.3) is 0 Å². The van der Waals surface area contributed by atoms with Crippen LogP contribution in [0.3, 0.4) is 0 Å². The molecule has 9 heteroatoms. The molecule has 3 rings (SSSR count). The zero-order valence-electron chi connectivity index (χ0n) is 15.2. The first kappa shape index (κ1) is 20.3. The molecule has 0 saturated carbocycles. The van der Waals surface area contributed by atoms with Crippen molar-refractivity contribution < 1.29 is 38.7 Å². The van der Waals surface area contributed by atoms with Crippen LogP contribution in [0.5, 0.6) is 5.75 Å². The van der Waals surface area contributed by atoms with E-state index >= 15 is 0 Å². The van der Waals surface area contributed by atoms with Gasteiger partial charge in [-0.05, 0) is 24.3 Å². The monoisotopic (exact) mass is 393 g/mol. The topological polar surface area (TPSA) is 131 Å². The first-order valence-corrected chi connectivity index (χ1v) is 8.76. The average molecular weight is 393 g/mol. The Balaban J connectivity index is 1.61. The van der Waals surface area contributed by atoms with E-state index in [9.17, 15) is 20.1 Å². The van der Waals surface area contributed by atoms with Crippen molar-refractivity contribution in [3.63, 3.8) is 0 Å². The number of hydrogen-bond acceptors (Lipinski definition) is 8. The number of rotatable bonds is 7. The summed E-state index contributed by atoms with van der Waals surface area (Å²) in [5.74, 6) is 0.503. The minimum absolute atomic E-state index is 0.00693. The molecule has 4 N–H and O–H groups in total. The van der Waals surface area contributed by atoms with Crippen molar-refractivity contribution >= 4 is 5.91 Å². The smallest absolute Gasteiger partial charge is 0.287 e. The van der Waals surface area contributed by atoms with Crippen LogP contribution in [0.1, 0.15) is 16.3 Å². The third-order valence-corrected chi connectivity index (χ3v) is 4.42. The Hall–Kier alpha value is -2.43. The molecule has 0 aliphatic carbocycles. The van der Waals surface area contributed by atoms with Gasteiger partial charge in [0.2, 0.25) is 0 Å². The summed E-state index contributed by atoms with van der Waals surface area (Å²) in [5, 5.41) is 32.0. The van der Waals surface area contributed by atoms with Gasteiger partial charge in [0.1, 0.15) is 42.5 Å². The molecular formula is C19H23NO8. The van der Waals surface area contributed by atoms with Crippen molar-refractivity contribution in [3.8, 4) is 5.75 Å². The molecule has 0 radical (unpaired) electrons. The van der Waals surface area contributed by atoms with Gasteiger partial charge in [0.25, 0.3) is 5.91 Å². The highest BCUT2D eigenvalue weighted by atomic mass is 16.7. The van der Waals surface area contributed by atoms with Crippen molar-refractivity contribution in [3.05, 3.63) is 54.0 Å². The van der Waals surface area contributed by atoms with E-state index in [0.29, 0.717) is 11.5 Å². The van der Waals surface area contributed by atoms with E-state index in [1.165, 1.54) is 13.2 Å². The fraction of sp³-hybridized carbons (Fsp3) is 0.421. The summed E-state index contributed by atoms with van der Waals surface area (Å²) in [7, 11) is 1.33. The van der Waals surface area contributed by atoms with E-state index in [1.807, 2.05) is 18.2 Å². The number of carbonyl (C=O) groups excluding carboxylic acids is 1. The zero-order chi connectivity index (χ0) is 20.1. The molecule has 1 aliphatic heterocycles. The van der Waals surface area contributed by atoms with Gasteiger partial charge in [-0.25, -0.2) is 0 Å². The number of benzene rings is 1. The van der Waals surface area contributed by atoms with Crippen LogP contribution >= 0.6 is 0 Å². The van der Waals surface area contributed by atoms with Crippen LogP contribution in [0, 0.1) is 0 Å². The van der Waals surface area contributed by atoms with E-state index in [1.54, 1.807) is 18.2 Å². The van der Waals surface area contributed by atoms with Crippen LogP contribution in [0.15, 0.2) is 46.9 Å². The second-order valence-corrected chi connectivity index (χ2v) is 6.31. The molecule has 1 amide bonds. The standard InChI is InChI=1S/C19H23NO8/c1-25-19-15(17(23)16(22)14(9-21)28-19)20-18(24)13-8-7-12(27-13)10-26-11-5-3-2-4-6-11/h2-8,14-17,19,21-23H,9-10H2,1H3,(H,20,24)/t14-,15-,16-,17-,19+/m1/s1. The van der Waals surface area contributed by atoms with Crippen molar-refractivity contribution in [2.75, 3.05) is 13.7 Å². The first-order chi connectivity index (χ1) is 13.5. The number of amides is 1. The molecule has 2 heterocycles. The number of aliphatic hydroxyl groups excluding tert-OH is 3. The second kappa shape index (κ2) is 9.18. The lowest BCUT2D eigenvalue weighted by atomic mass is 9.97. The fourth-order valence-electron chi connectivity index (χ4n) is 2.91. The summed E-state index contributed by atoms with van der Waals surface area (Å²) in [4.78, 5) is 12.5. The highest BCUT2D eigenvalue weighted by molar-refractivity contribution is 5.91. The summed E-state index contributed by atoms with van der Waals surface area (Å²) in [6.07, 6.45) is -4.84. The molecule has 9 nitrogen and oxygen atoms in total. The predicted molar refractivity (Wildman–Crippen MR) is 95.5 cm³/mol. The summed E-state index contributed by atoms with van der Waals surface area (Å²) in [6.45, 7) is -0.355. The van der Waals surface area contributed by atoms with Gasteiger partial charge in [-0.3, -0.25) is 4.79 Å². The van der Waals surface area contributed by atoms with Gasteiger partial charge in [-0.2, -0.15) is 0 Å². The Bertz CT molecular complexity index is 762. The number of para-hydroxylation sites is 1. The Morgan fingerprint density at radius 2 is 1.89 bits per heavy atom. The van der Waals surface area contributed by atoms with E-state index in [2.05, 4.69) is 5.32 Å². The van der Waals surface area contributed by atoms with Gasteiger partial charge in [-0.15, -0.1) is 0 Å². The number of hydrogen-bond donors (Lipinski definition) is 4. The number of furan rings is 1. The van der Waals surface area contributed by atoms with E-state index in [4.69, 9.17) is 18.6 Å². The Labute approximate surface area is 161 Å². The Kier molecular flexibility index (Phi) is 6.65.